The quantitative estimate of drug-likeness (QED) is 0.753. The average Bonchev–Trinajstić information content (AvgIpc) is 3.19. The van der Waals surface area contributed by atoms with Gasteiger partial charge in [0.15, 0.2) is 5.78 Å². The highest BCUT2D eigenvalue weighted by Gasteiger charge is 2.24. The van der Waals surface area contributed by atoms with Crippen molar-refractivity contribution in [2.45, 2.75) is 32.8 Å². The SMILES string of the molecule is CCNCC(C)C(=O)c1cccc(OC2CC2)c1. The van der Waals surface area contributed by atoms with E-state index in [0.717, 1.165) is 37.2 Å². The molecule has 1 N–H and O–H groups in total. The minimum absolute atomic E-state index is 0.00104. The van der Waals surface area contributed by atoms with Gasteiger partial charge in [-0.15, -0.1) is 0 Å². The minimum atomic E-state index is 0.00104. The lowest BCUT2D eigenvalue weighted by molar-refractivity contribution is 0.0929. The smallest absolute Gasteiger partial charge is 0.167 e. The average molecular weight is 247 g/mol. The predicted octanol–water partition coefficient (Wildman–Crippen LogP) is 2.66. The summed E-state index contributed by atoms with van der Waals surface area (Å²) in [5, 5.41) is 3.20. The summed E-state index contributed by atoms with van der Waals surface area (Å²) in [5.74, 6) is 0.998. The van der Waals surface area contributed by atoms with E-state index < -0.39 is 0 Å². The first-order chi connectivity index (χ1) is 8.70. The summed E-state index contributed by atoms with van der Waals surface area (Å²) in [5.41, 5.74) is 0.749. The van der Waals surface area contributed by atoms with E-state index in [9.17, 15) is 4.79 Å². The minimum Gasteiger partial charge on any atom is -0.490 e. The Morgan fingerprint density at radius 3 is 2.94 bits per heavy atom. The molecular weight excluding hydrogens is 226 g/mol. The van der Waals surface area contributed by atoms with E-state index in [1.54, 1.807) is 0 Å². The van der Waals surface area contributed by atoms with Crippen molar-refractivity contribution in [3.8, 4) is 5.75 Å². The molecule has 1 aromatic rings. The molecule has 1 aliphatic rings. The second kappa shape index (κ2) is 6.01. The van der Waals surface area contributed by atoms with Crippen molar-refractivity contribution in [3.63, 3.8) is 0 Å². The van der Waals surface area contributed by atoms with Gasteiger partial charge in [0.05, 0.1) is 6.10 Å². The summed E-state index contributed by atoms with van der Waals surface area (Å²) in [6.07, 6.45) is 2.64. The molecule has 1 unspecified atom stereocenters. The fourth-order valence-corrected chi connectivity index (χ4v) is 1.84. The molecule has 0 amide bonds. The normalized spacial score (nSPS) is 16.3. The molecular formula is C15H21NO2. The highest BCUT2D eigenvalue weighted by molar-refractivity contribution is 5.98. The van der Waals surface area contributed by atoms with Crippen molar-refractivity contribution >= 4 is 5.78 Å². The Morgan fingerprint density at radius 2 is 2.28 bits per heavy atom. The van der Waals surface area contributed by atoms with Gasteiger partial charge < -0.3 is 10.1 Å². The second-order valence-corrected chi connectivity index (χ2v) is 4.92. The van der Waals surface area contributed by atoms with Crippen LogP contribution in [0.3, 0.4) is 0 Å². The number of hydrogen-bond donors (Lipinski definition) is 1. The third-order valence-corrected chi connectivity index (χ3v) is 3.09. The Balaban J connectivity index is 1.99. The van der Waals surface area contributed by atoms with Gasteiger partial charge in [-0.25, -0.2) is 0 Å². The van der Waals surface area contributed by atoms with Crippen molar-refractivity contribution in [2.75, 3.05) is 13.1 Å². The molecule has 0 aromatic heterocycles. The number of Topliss-reactive ketones (excluding diaryl/α,β-unsaturated/α-hetero) is 1. The fraction of sp³-hybridized carbons (Fsp3) is 0.533. The number of ether oxygens (including phenoxy) is 1. The van der Waals surface area contributed by atoms with Crippen LogP contribution in [-0.4, -0.2) is 25.0 Å². The number of carbonyl (C=O) groups excluding carboxylic acids is 1. The first-order valence-electron chi connectivity index (χ1n) is 6.72. The van der Waals surface area contributed by atoms with Gasteiger partial charge in [0.1, 0.15) is 5.75 Å². The summed E-state index contributed by atoms with van der Waals surface area (Å²) in [4.78, 5) is 12.2. The number of ketones is 1. The first kappa shape index (κ1) is 13.1. The van der Waals surface area contributed by atoms with Crippen molar-refractivity contribution in [1.82, 2.24) is 5.32 Å². The first-order valence-corrected chi connectivity index (χ1v) is 6.72. The van der Waals surface area contributed by atoms with Crippen LogP contribution in [0.2, 0.25) is 0 Å². The van der Waals surface area contributed by atoms with Gasteiger partial charge in [-0.1, -0.05) is 26.0 Å². The molecule has 18 heavy (non-hydrogen) atoms. The van der Waals surface area contributed by atoms with E-state index in [0.29, 0.717) is 6.10 Å². The van der Waals surface area contributed by atoms with Crippen LogP contribution in [0.1, 0.15) is 37.0 Å². The van der Waals surface area contributed by atoms with Crippen molar-refractivity contribution in [3.05, 3.63) is 29.8 Å². The topological polar surface area (TPSA) is 38.3 Å². The molecule has 3 nitrogen and oxygen atoms in total. The van der Waals surface area contributed by atoms with Crippen molar-refractivity contribution in [2.24, 2.45) is 5.92 Å². The monoisotopic (exact) mass is 247 g/mol. The van der Waals surface area contributed by atoms with E-state index in [2.05, 4.69) is 5.32 Å². The van der Waals surface area contributed by atoms with Gasteiger partial charge in [-0.3, -0.25) is 4.79 Å². The molecule has 2 rings (SSSR count). The van der Waals surface area contributed by atoms with Crippen molar-refractivity contribution in [1.29, 1.82) is 0 Å². The lowest BCUT2D eigenvalue weighted by Gasteiger charge is -2.12. The maximum atomic E-state index is 12.2. The van der Waals surface area contributed by atoms with Gasteiger partial charge in [0, 0.05) is 18.0 Å². The molecule has 1 saturated carbocycles. The lowest BCUT2D eigenvalue weighted by Crippen LogP contribution is -2.26. The standard InChI is InChI=1S/C15H21NO2/c1-3-16-10-11(2)15(17)12-5-4-6-14(9-12)18-13-7-8-13/h4-6,9,11,13,16H,3,7-8,10H2,1-2H3. The summed E-state index contributed by atoms with van der Waals surface area (Å²) >= 11 is 0. The molecule has 0 heterocycles. The summed E-state index contributed by atoms with van der Waals surface area (Å²) in [6, 6.07) is 7.54. The zero-order valence-electron chi connectivity index (χ0n) is 11.1. The van der Waals surface area contributed by atoms with Crippen LogP contribution in [0.5, 0.6) is 5.75 Å². The summed E-state index contributed by atoms with van der Waals surface area (Å²) < 4.78 is 5.71. The van der Waals surface area contributed by atoms with Crippen LogP contribution in [0.25, 0.3) is 0 Å². The highest BCUT2D eigenvalue weighted by atomic mass is 16.5. The van der Waals surface area contributed by atoms with Crippen LogP contribution in [0, 0.1) is 5.92 Å². The highest BCUT2D eigenvalue weighted by Crippen LogP contribution is 2.27. The van der Waals surface area contributed by atoms with Crippen LogP contribution in [0.15, 0.2) is 24.3 Å². The maximum absolute atomic E-state index is 12.2. The number of nitrogens with one attached hydrogen (secondary N) is 1. The predicted molar refractivity (Wildman–Crippen MR) is 72.1 cm³/mol. The number of carbonyl (C=O) groups is 1. The van der Waals surface area contributed by atoms with Gasteiger partial charge in [-0.2, -0.15) is 0 Å². The summed E-state index contributed by atoms with van der Waals surface area (Å²) in [7, 11) is 0. The van der Waals surface area contributed by atoms with Crippen LogP contribution < -0.4 is 10.1 Å². The van der Waals surface area contributed by atoms with Gasteiger partial charge in [-0.05, 0) is 31.5 Å². The Kier molecular flexibility index (Phi) is 4.37. The third kappa shape index (κ3) is 3.57. The molecule has 1 fully saturated rings. The zero-order chi connectivity index (χ0) is 13.0. The summed E-state index contributed by atoms with van der Waals surface area (Å²) in [6.45, 7) is 5.62. The van der Waals surface area contributed by atoms with Gasteiger partial charge >= 0.3 is 0 Å². The van der Waals surface area contributed by atoms with E-state index in [4.69, 9.17) is 4.74 Å². The Labute approximate surface area is 109 Å². The maximum Gasteiger partial charge on any atom is 0.167 e. The lowest BCUT2D eigenvalue weighted by atomic mass is 9.99. The van der Waals surface area contributed by atoms with E-state index in [1.807, 2.05) is 38.1 Å². The third-order valence-electron chi connectivity index (χ3n) is 3.09. The molecule has 98 valence electrons. The van der Waals surface area contributed by atoms with Gasteiger partial charge in [0.25, 0.3) is 0 Å². The second-order valence-electron chi connectivity index (χ2n) is 4.92. The molecule has 3 heteroatoms. The molecule has 0 saturated heterocycles. The van der Waals surface area contributed by atoms with Crippen LogP contribution in [-0.2, 0) is 0 Å². The molecule has 0 bridgehead atoms. The van der Waals surface area contributed by atoms with Crippen molar-refractivity contribution < 1.29 is 9.53 Å². The molecule has 0 radical (unpaired) electrons. The molecule has 1 atom stereocenters. The van der Waals surface area contributed by atoms with E-state index in [-0.39, 0.29) is 11.7 Å². The Morgan fingerprint density at radius 1 is 1.50 bits per heavy atom. The largest absolute Gasteiger partial charge is 0.490 e. The Bertz CT molecular complexity index is 413. The molecule has 1 aromatic carbocycles. The van der Waals surface area contributed by atoms with Crippen LogP contribution in [0.4, 0.5) is 0 Å². The number of benzene rings is 1. The van der Waals surface area contributed by atoms with Crippen LogP contribution >= 0.6 is 0 Å². The molecule has 1 aliphatic carbocycles. The number of hydrogen-bond acceptors (Lipinski definition) is 3. The zero-order valence-corrected chi connectivity index (χ0v) is 11.1. The fourth-order valence-electron chi connectivity index (χ4n) is 1.84. The molecule has 0 aliphatic heterocycles. The van der Waals surface area contributed by atoms with E-state index >= 15 is 0 Å². The Hall–Kier alpha value is -1.35. The van der Waals surface area contributed by atoms with E-state index in [1.165, 1.54) is 0 Å². The number of rotatable bonds is 7. The molecule has 0 spiro atoms. The van der Waals surface area contributed by atoms with Gasteiger partial charge in [0.2, 0.25) is 0 Å².